The van der Waals surface area contributed by atoms with Crippen LogP contribution in [0.1, 0.15) is 10.6 Å². The lowest BCUT2D eigenvalue weighted by molar-refractivity contribution is 0.317. The molecular weight excluding hydrogens is 244 g/mol. The van der Waals surface area contributed by atoms with Gasteiger partial charge in [-0.05, 0) is 30.3 Å². The Morgan fingerprint density at radius 3 is 2.88 bits per heavy atom. The largest absolute Gasteiger partial charge is 0.295 e. The second kappa shape index (κ2) is 5.34. The number of hydrogen-bond acceptors (Lipinski definition) is 5. The molecule has 2 rings (SSSR count). The van der Waals surface area contributed by atoms with E-state index in [4.69, 9.17) is 11.6 Å². The van der Waals surface area contributed by atoms with Crippen LogP contribution >= 0.6 is 22.9 Å². The van der Waals surface area contributed by atoms with Crippen molar-refractivity contribution in [2.75, 3.05) is 7.05 Å². The third-order valence-corrected chi connectivity index (χ3v) is 3.03. The highest BCUT2D eigenvalue weighted by Crippen LogP contribution is 2.16. The molecule has 0 saturated carbocycles. The zero-order chi connectivity index (χ0) is 11.4. The second-order valence-electron chi connectivity index (χ2n) is 3.48. The molecule has 0 bridgehead atoms. The average molecular weight is 255 g/mol. The van der Waals surface area contributed by atoms with Crippen molar-refractivity contribution in [2.45, 2.75) is 13.1 Å². The van der Waals surface area contributed by atoms with E-state index in [0.717, 1.165) is 18.1 Å². The molecule has 0 atom stereocenters. The molecule has 0 aliphatic rings. The van der Waals surface area contributed by atoms with E-state index in [2.05, 4.69) is 26.1 Å². The number of rotatable bonds is 4. The monoisotopic (exact) mass is 254 g/mol. The maximum atomic E-state index is 5.72. The molecule has 0 N–H and O–H groups in total. The van der Waals surface area contributed by atoms with E-state index in [-0.39, 0.29) is 0 Å². The van der Waals surface area contributed by atoms with Crippen molar-refractivity contribution >= 4 is 22.9 Å². The first-order valence-electron chi connectivity index (χ1n) is 4.79. The van der Waals surface area contributed by atoms with Gasteiger partial charge in [0, 0.05) is 18.9 Å². The molecule has 0 aliphatic heterocycles. The molecule has 0 unspecified atom stereocenters. The van der Waals surface area contributed by atoms with Crippen LogP contribution in [0, 0.1) is 0 Å². The minimum Gasteiger partial charge on any atom is -0.295 e. The molecule has 0 aromatic carbocycles. The highest BCUT2D eigenvalue weighted by molar-refractivity contribution is 7.15. The predicted molar refractivity (Wildman–Crippen MR) is 64.3 cm³/mol. The smallest absolute Gasteiger partial charge is 0.207 e. The first-order valence-corrected chi connectivity index (χ1v) is 5.99. The summed E-state index contributed by atoms with van der Waals surface area (Å²) >= 11 is 7.13. The van der Waals surface area contributed by atoms with Gasteiger partial charge in [-0.15, -0.1) is 10.2 Å². The first kappa shape index (κ1) is 11.4. The Bertz CT molecular complexity index is 445. The molecule has 0 aliphatic carbocycles. The Kier molecular flexibility index (Phi) is 3.82. The number of aromatic nitrogens is 3. The molecule has 16 heavy (non-hydrogen) atoms. The predicted octanol–water partition coefficient (Wildman–Crippen LogP) is 2.22. The fourth-order valence-electron chi connectivity index (χ4n) is 1.39. The first-order chi connectivity index (χ1) is 7.74. The summed E-state index contributed by atoms with van der Waals surface area (Å²) in [6.45, 7) is 1.59. The van der Waals surface area contributed by atoms with E-state index in [9.17, 15) is 0 Å². The van der Waals surface area contributed by atoms with Gasteiger partial charge in [0.15, 0.2) is 0 Å². The van der Waals surface area contributed by atoms with Crippen LogP contribution in [0.3, 0.4) is 0 Å². The second-order valence-corrected chi connectivity index (χ2v) is 5.13. The summed E-state index contributed by atoms with van der Waals surface area (Å²) in [5.74, 6) is 0. The maximum Gasteiger partial charge on any atom is 0.207 e. The van der Waals surface area contributed by atoms with Crippen molar-refractivity contribution in [3.63, 3.8) is 0 Å². The topological polar surface area (TPSA) is 41.9 Å². The van der Waals surface area contributed by atoms with Crippen molar-refractivity contribution in [3.8, 4) is 0 Å². The average Bonchev–Trinajstić information content (AvgIpc) is 2.65. The molecule has 0 saturated heterocycles. The van der Waals surface area contributed by atoms with Crippen LogP contribution in [-0.4, -0.2) is 27.1 Å². The van der Waals surface area contributed by atoms with Crippen molar-refractivity contribution in [1.29, 1.82) is 0 Å². The highest BCUT2D eigenvalue weighted by Gasteiger charge is 2.06. The fourth-order valence-corrected chi connectivity index (χ4v) is 2.33. The van der Waals surface area contributed by atoms with Crippen LogP contribution in [0.25, 0.3) is 0 Å². The van der Waals surface area contributed by atoms with Crippen LogP contribution in [0.15, 0.2) is 24.5 Å². The summed E-state index contributed by atoms with van der Waals surface area (Å²) in [6, 6.07) is 3.99. The molecule has 2 heterocycles. The van der Waals surface area contributed by atoms with Crippen LogP contribution in [0.2, 0.25) is 4.47 Å². The van der Waals surface area contributed by atoms with Gasteiger partial charge < -0.3 is 0 Å². The fraction of sp³-hybridized carbons (Fsp3) is 0.300. The van der Waals surface area contributed by atoms with Crippen molar-refractivity contribution in [2.24, 2.45) is 0 Å². The number of halogens is 1. The third-order valence-electron chi connectivity index (χ3n) is 2.02. The van der Waals surface area contributed by atoms with Crippen LogP contribution in [-0.2, 0) is 13.1 Å². The maximum absolute atomic E-state index is 5.72. The van der Waals surface area contributed by atoms with Gasteiger partial charge >= 0.3 is 0 Å². The lowest BCUT2D eigenvalue weighted by Crippen LogP contribution is -2.17. The Balaban J connectivity index is 1.92. The van der Waals surface area contributed by atoms with Gasteiger partial charge in [-0.2, -0.15) is 0 Å². The van der Waals surface area contributed by atoms with E-state index in [1.807, 2.05) is 19.3 Å². The van der Waals surface area contributed by atoms with Crippen molar-refractivity contribution in [1.82, 2.24) is 20.1 Å². The summed E-state index contributed by atoms with van der Waals surface area (Å²) in [5, 5.41) is 8.68. The lowest BCUT2D eigenvalue weighted by Gasteiger charge is -2.14. The molecule has 2 aromatic heterocycles. The van der Waals surface area contributed by atoms with Gasteiger partial charge in [0.25, 0.3) is 0 Å². The summed E-state index contributed by atoms with van der Waals surface area (Å²) < 4.78 is 0.491. The van der Waals surface area contributed by atoms with Crippen LogP contribution in [0.4, 0.5) is 0 Å². The number of nitrogens with zero attached hydrogens (tertiary/aromatic N) is 4. The zero-order valence-electron chi connectivity index (χ0n) is 8.80. The summed E-state index contributed by atoms with van der Waals surface area (Å²) in [5.41, 5.74) is 1.18. The van der Waals surface area contributed by atoms with Crippen LogP contribution in [0.5, 0.6) is 0 Å². The van der Waals surface area contributed by atoms with E-state index >= 15 is 0 Å². The van der Waals surface area contributed by atoms with Crippen molar-refractivity contribution in [3.05, 3.63) is 39.6 Å². The Labute approximate surface area is 103 Å². The van der Waals surface area contributed by atoms with Gasteiger partial charge in [-0.25, -0.2) is 0 Å². The zero-order valence-corrected chi connectivity index (χ0v) is 10.4. The normalized spacial score (nSPS) is 10.9. The Morgan fingerprint density at radius 1 is 1.38 bits per heavy atom. The Hall–Kier alpha value is -1.04. The van der Waals surface area contributed by atoms with E-state index in [1.54, 1.807) is 6.20 Å². The van der Waals surface area contributed by atoms with E-state index in [1.165, 1.54) is 16.9 Å². The molecule has 0 fully saturated rings. The molecule has 84 valence electrons. The molecule has 6 heteroatoms. The molecule has 4 nitrogen and oxygen atoms in total. The summed E-state index contributed by atoms with van der Waals surface area (Å²) in [7, 11) is 2.03. The standard InChI is InChI=1S/C10H11ClN4S/c1-15(6-8-3-2-4-12-5-8)7-9-13-14-10(11)16-9/h2-5H,6-7H2,1H3. The molecule has 0 spiro atoms. The van der Waals surface area contributed by atoms with Gasteiger partial charge in [-0.3, -0.25) is 9.88 Å². The van der Waals surface area contributed by atoms with Gasteiger partial charge in [0.1, 0.15) is 5.01 Å². The Morgan fingerprint density at radius 2 is 2.25 bits per heavy atom. The quantitative estimate of drug-likeness (QED) is 0.839. The minimum absolute atomic E-state index is 0.491. The minimum atomic E-state index is 0.491. The SMILES string of the molecule is CN(Cc1cccnc1)Cc1nnc(Cl)s1. The van der Waals surface area contributed by atoms with Crippen LogP contribution < -0.4 is 0 Å². The molecule has 2 aromatic rings. The van der Waals surface area contributed by atoms with E-state index in [0.29, 0.717) is 4.47 Å². The molecule has 0 amide bonds. The summed E-state index contributed by atoms with van der Waals surface area (Å²) in [4.78, 5) is 6.22. The van der Waals surface area contributed by atoms with Gasteiger partial charge in [0.2, 0.25) is 4.47 Å². The van der Waals surface area contributed by atoms with Gasteiger partial charge in [-0.1, -0.05) is 17.4 Å². The van der Waals surface area contributed by atoms with Gasteiger partial charge in [0.05, 0.1) is 6.54 Å². The number of hydrogen-bond donors (Lipinski definition) is 0. The lowest BCUT2D eigenvalue weighted by atomic mass is 10.3. The summed E-state index contributed by atoms with van der Waals surface area (Å²) in [6.07, 6.45) is 3.64. The van der Waals surface area contributed by atoms with E-state index < -0.39 is 0 Å². The number of pyridine rings is 1. The molecule has 0 radical (unpaired) electrons. The molecular formula is C10H11ClN4S. The highest BCUT2D eigenvalue weighted by atomic mass is 35.5. The third kappa shape index (κ3) is 3.23. The van der Waals surface area contributed by atoms with Crippen molar-refractivity contribution < 1.29 is 0 Å².